The third-order valence-electron chi connectivity index (χ3n) is 4.20. The summed E-state index contributed by atoms with van der Waals surface area (Å²) in [7, 11) is 0. The van der Waals surface area contributed by atoms with Gasteiger partial charge in [0.2, 0.25) is 5.91 Å². The first-order valence-corrected chi connectivity index (χ1v) is 9.12. The molecule has 3 rings (SSSR count). The lowest BCUT2D eigenvalue weighted by Gasteiger charge is -2.16. The average Bonchev–Trinajstić information content (AvgIpc) is 2.69. The molecule has 0 saturated heterocycles. The molecule has 0 aliphatic heterocycles. The number of amides is 1. The van der Waals surface area contributed by atoms with Crippen LogP contribution in [0, 0.1) is 5.82 Å². The maximum Gasteiger partial charge on any atom is 0.246 e. The Labute approximate surface area is 168 Å². The van der Waals surface area contributed by atoms with Crippen molar-refractivity contribution < 1.29 is 18.7 Å². The van der Waals surface area contributed by atoms with Crippen molar-refractivity contribution >= 4 is 23.1 Å². The first kappa shape index (κ1) is 20.1. The van der Waals surface area contributed by atoms with Crippen LogP contribution in [0.2, 0.25) is 0 Å². The van der Waals surface area contributed by atoms with E-state index in [-0.39, 0.29) is 17.5 Å². The molecular formula is C23H21FN2O3. The van der Waals surface area contributed by atoms with Gasteiger partial charge >= 0.3 is 0 Å². The molecule has 3 aromatic carbocycles. The molecule has 2 N–H and O–H groups in total. The Kier molecular flexibility index (Phi) is 6.24. The van der Waals surface area contributed by atoms with E-state index in [4.69, 9.17) is 4.74 Å². The number of carbonyl (C=O) groups is 2. The van der Waals surface area contributed by atoms with Gasteiger partial charge in [-0.25, -0.2) is 4.39 Å². The molecule has 1 atom stereocenters. The van der Waals surface area contributed by atoms with E-state index in [1.807, 2.05) is 0 Å². The van der Waals surface area contributed by atoms with E-state index in [9.17, 15) is 14.0 Å². The van der Waals surface area contributed by atoms with Crippen LogP contribution in [-0.2, 0) is 4.79 Å². The van der Waals surface area contributed by atoms with Crippen LogP contribution in [0.1, 0.15) is 24.2 Å². The van der Waals surface area contributed by atoms with Gasteiger partial charge in [-0.15, -0.1) is 0 Å². The average molecular weight is 392 g/mol. The molecule has 0 aliphatic carbocycles. The van der Waals surface area contributed by atoms with Crippen molar-refractivity contribution in [3.05, 3.63) is 84.2 Å². The topological polar surface area (TPSA) is 67.4 Å². The SMILES string of the molecule is CC(=O)c1cccc(NC(=O)C(C)Nc2ccc(Oc3cccc(F)c3)cc2)c1. The largest absolute Gasteiger partial charge is 0.457 e. The van der Waals surface area contributed by atoms with Crippen molar-refractivity contribution in [1.82, 2.24) is 0 Å². The van der Waals surface area contributed by atoms with Crippen molar-refractivity contribution in [2.45, 2.75) is 19.9 Å². The zero-order chi connectivity index (χ0) is 20.8. The molecule has 29 heavy (non-hydrogen) atoms. The summed E-state index contributed by atoms with van der Waals surface area (Å²) >= 11 is 0. The molecule has 1 unspecified atom stereocenters. The van der Waals surface area contributed by atoms with E-state index in [0.717, 1.165) is 5.69 Å². The van der Waals surface area contributed by atoms with Gasteiger partial charge in [-0.1, -0.05) is 18.2 Å². The number of carbonyl (C=O) groups excluding carboxylic acids is 2. The molecule has 148 valence electrons. The lowest BCUT2D eigenvalue weighted by molar-refractivity contribution is -0.116. The molecule has 1 amide bonds. The van der Waals surface area contributed by atoms with Crippen LogP contribution in [0.15, 0.2) is 72.8 Å². The molecule has 0 aromatic heterocycles. The van der Waals surface area contributed by atoms with E-state index in [0.29, 0.717) is 22.7 Å². The first-order chi connectivity index (χ1) is 13.9. The summed E-state index contributed by atoms with van der Waals surface area (Å²) in [5.41, 5.74) is 1.84. The molecule has 5 nitrogen and oxygen atoms in total. The van der Waals surface area contributed by atoms with Crippen LogP contribution in [0.4, 0.5) is 15.8 Å². The molecule has 0 saturated carbocycles. The lowest BCUT2D eigenvalue weighted by atomic mass is 10.1. The zero-order valence-corrected chi connectivity index (χ0v) is 16.1. The normalized spacial score (nSPS) is 11.4. The molecule has 3 aromatic rings. The van der Waals surface area contributed by atoms with Crippen molar-refractivity contribution in [3.63, 3.8) is 0 Å². The van der Waals surface area contributed by atoms with Crippen LogP contribution in [-0.4, -0.2) is 17.7 Å². The van der Waals surface area contributed by atoms with Gasteiger partial charge in [0.15, 0.2) is 5.78 Å². The molecule has 0 spiro atoms. The highest BCUT2D eigenvalue weighted by molar-refractivity contribution is 5.99. The number of Topliss-reactive ketones (excluding diaryl/α,β-unsaturated/α-hetero) is 1. The molecule has 0 radical (unpaired) electrons. The zero-order valence-electron chi connectivity index (χ0n) is 16.1. The lowest BCUT2D eigenvalue weighted by Crippen LogP contribution is -2.31. The fourth-order valence-electron chi connectivity index (χ4n) is 2.67. The number of halogens is 1. The van der Waals surface area contributed by atoms with E-state index >= 15 is 0 Å². The van der Waals surface area contributed by atoms with Crippen LogP contribution >= 0.6 is 0 Å². The second-order valence-electron chi connectivity index (χ2n) is 6.58. The van der Waals surface area contributed by atoms with Gasteiger partial charge in [-0.05, 0) is 62.4 Å². The molecule has 0 fully saturated rings. The minimum atomic E-state index is -0.508. The minimum absolute atomic E-state index is 0.0622. The molecule has 6 heteroatoms. The number of ketones is 1. The summed E-state index contributed by atoms with van der Waals surface area (Å²) in [6.07, 6.45) is 0. The van der Waals surface area contributed by atoms with Crippen molar-refractivity contribution in [3.8, 4) is 11.5 Å². The van der Waals surface area contributed by atoms with Crippen LogP contribution in [0.25, 0.3) is 0 Å². The second kappa shape index (κ2) is 9.01. The van der Waals surface area contributed by atoms with Gasteiger partial charge in [0.1, 0.15) is 23.4 Å². The van der Waals surface area contributed by atoms with Crippen LogP contribution in [0.3, 0.4) is 0 Å². The quantitative estimate of drug-likeness (QED) is 0.538. The fraction of sp³-hybridized carbons (Fsp3) is 0.130. The fourth-order valence-corrected chi connectivity index (χ4v) is 2.67. The molecule has 0 aliphatic rings. The minimum Gasteiger partial charge on any atom is -0.457 e. The summed E-state index contributed by atoms with van der Waals surface area (Å²) in [5.74, 6) is 0.304. The Morgan fingerprint density at radius 3 is 2.31 bits per heavy atom. The second-order valence-corrected chi connectivity index (χ2v) is 6.58. The smallest absolute Gasteiger partial charge is 0.246 e. The highest BCUT2D eigenvalue weighted by Gasteiger charge is 2.13. The first-order valence-electron chi connectivity index (χ1n) is 9.12. The number of nitrogens with one attached hydrogen (secondary N) is 2. The summed E-state index contributed by atoms with van der Waals surface area (Å²) in [5, 5.41) is 5.90. The summed E-state index contributed by atoms with van der Waals surface area (Å²) < 4.78 is 18.8. The van der Waals surface area contributed by atoms with Crippen LogP contribution < -0.4 is 15.4 Å². The predicted molar refractivity (Wildman–Crippen MR) is 111 cm³/mol. The molecule has 0 bridgehead atoms. The number of hydrogen-bond acceptors (Lipinski definition) is 4. The van der Waals surface area contributed by atoms with E-state index < -0.39 is 6.04 Å². The number of benzene rings is 3. The van der Waals surface area contributed by atoms with Crippen molar-refractivity contribution in [1.29, 1.82) is 0 Å². The van der Waals surface area contributed by atoms with Gasteiger partial charge in [-0.3, -0.25) is 9.59 Å². The maximum absolute atomic E-state index is 13.2. The predicted octanol–water partition coefficient (Wildman–Crippen LogP) is 5.26. The Balaban J connectivity index is 1.58. The monoisotopic (exact) mass is 392 g/mol. The Hall–Kier alpha value is -3.67. The number of rotatable bonds is 7. The maximum atomic E-state index is 13.2. The molecule has 0 heterocycles. The van der Waals surface area contributed by atoms with Crippen molar-refractivity contribution in [2.24, 2.45) is 0 Å². The van der Waals surface area contributed by atoms with E-state index in [2.05, 4.69) is 10.6 Å². The third kappa shape index (κ3) is 5.65. The third-order valence-corrected chi connectivity index (χ3v) is 4.20. The summed E-state index contributed by atoms with van der Waals surface area (Å²) in [6, 6.07) is 19.2. The van der Waals surface area contributed by atoms with E-state index in [1.54, 1.807) is 67.6 Å². The van der Waals surface area contributed by atoms with Gasteiger partial charge in [0, 0.05) is 23.0 Å². The Morgan fingerprint density at radius 1 is 0.897 bits per heavy atom. The van der Waals surface area contributed by atoms with Crippen molar-refractivity contribution in [2.75, 3.05) is 10.6 Å². The van der Waals surface area contributed by atoms with Gasteiger partial charge in [0.25, 0.3) is 0 Å². The van der Waals surface area contributed by atoms with Gasteiger partial charge in [0.05, 0.1) is 0 Å². The Bertz CT molecular complexity index is 1020. The summed E-state index contributed by atoms with van der Waals surface area (Å²) in [6.45, 7) is 3.22. The summed E-state index contributed by atoms with van der Waals surface area (Å²) in [4.78, 5) is 23.9. The highest BCUT2D eigenvalue weighted by Crippen LogP contribution is 2.24. The number of anilines is 2. The van der Waals surface area contributed by atoms with Crippen LogP contribution in [0.5, 0.6) is 11.5 Å². The Morgan fingerprint density at radius 2 is 1.62 bits per heavy atom. The van der Waals surface area contributed by atoms with E-state index in [1.165, 1.54) is 19.1 Å². The highest BCUT2D eigenvalue weighted by atomic mass is 19.1. The standard InChI is InChI=1S/C23H21FN2O3/c1-15(23(28)26-20-7-3-5-17(13-20)16(2)27)25-19-9-11-21(12-10-19)29-22-8-4-6-18(24)14-22/h3-15,25H,1-2H3,(H,26,28). The molecular weight excluding hydrogens is 371 g/mol. The number of hydrogen-bond donors (Lipinski definition) is 2. The van der Waals surface area contributed by atoms with Gasteiger partial charge in [-0.2, -0.15) is 0 Å². The number of ether oxygens (including phenoxy) is 1. The van der Waals surface area contributed by atoms with Gasteiger partial charge < -0.3 is 15.4 Å².